The highest BCUT2D eigenvalue weighted by Gasteiger charge is 2.39. The van der Waals surface area contributed by atoms with Crippen molar-refractivity contribution in [3.8, 4) is 0 Å². The van der Waals surface area contributed by atoms with E-state index in [1.165, 1.54) is 22.3 Å². The number of aliphatic hydroxyl groups excluding tert-OH is 2. The van der Waals surface area contributed by atoms with Crippen LogP contribution in [0.3, 0.4) is 0 Å². The molecule has 0 saturated carbocycles. The van der Waals surface area contributed by atoms with E-state index >= 15 is 0 Å². The van der Waals surface area contributed by atoms with Crippen LogP contribution in [0.2, 0.25) is 0 Å². The molecule has 2 N–H and O–H groups in total. The molecule has 0 radical (unpaired) electrons. The van der Waals surface area contributed by atoms with Crippen LogP contribution in [0, 0.1) is 11.8 Å². The van der Waals surface area contributed by atoms with Crippen molar-refractivity contribution in [2.24, 2.45) is 11.8 Å². The molecule has 0 aliphatic rings. The summed E-state index contributed by atoms with van der Waals surface area (Å²) in [7, 11) is 0. The molecular weight excluding hydrogens is 829 g/mol. The minimum Gasteiger partial charge on any atom is -0.394 e. The summed E-state index contributed by atoms with van der Waals surface area (Å²) < 4.78 is 0. The second-order valence-corrected chi connectivity index (χ2v) is 20.0. The van der Waals surface area contributed by atoms with E-state index in [1.54, 1.807) is 22.7 Å². The van der Waals surface area contributed by atoms with Crippen LogP contribution < -0.4 is 0 Å². The summed E-state index contributed by atoms with van der Waals surface area (Å²) in [6, 6.07) is 45.7. The molecule has 0 saturated heterocycles. The van der Waals surface area contributed by atoms with E-state index in [9.17, 15) is 10.2 Å². The molecule has 0 fully saturated rings. The Bertz CT molecular complexity index is 2110. The van der Waals surface area contributed by atoms with Crippen molar-refractivity contribution in [2.75, 3.05) is 13.2 Å². The Balaban J connectivity index is 0.000000245. The summed E-state index contributed by atoms with van der Waals surface area (Å²) in [4.78, 5) is 13.3. The van der Waals surface area contributed by atoms with Crippen molar-refractivity contribution in [1.29, 1.82) is 0 Å². The Labute approximate surface area is 393 Å². The summed E-state index contributed by atoms with van der Waals surface area (Å²) in [6.07, 6.45) is 2.47. The third-order valence-electron chi connectivity index (χ3n) is 11.4. The van der Waals surface area contributed by atoms with E-state index in [4.69, 9.17) is 9.68 Å². The second-order valence-electron chi connectivity index (χ2n) is 18.4. The molecule has 5 atom stereocenters. The third-order valence-corrected chi connectivity index (χ3v) is 12.8. The van der Waals surface area contributed by atoms with Gasteiger partial charge in [-0.15, -0.1) is 0 Å². The number of hydrogen-bond acceptors (Lipinski definition) is 8. The topological polar surface area (TPSA) is 65.4 Å². The highest BCUT2D eigenvalue weighted by molar-refractivity contribution is 7.08. The van der Waals surface area contributed by atoms with Crippen molar-refractivity contribution in [2.45, 2.75) is 117 Å². The van der Waals surface area contributed by atoms with Crippen LogP contribution in [0.25, 0.3) is 6.08 Å². The molecule has 0 amide bonds. The number of thiophene rings is 2. The molecule has 0 spiro atoms. The standard InChI is InChI=1S/C28H37NO2S.C20H29NO2S.C8H8/c1-21(2)27(25-16-17-32-19-25)29(28(4,5)20-30)31-26(24-14-10-7-11-15-24)18-22(3)23-12-8-6-9-13-23;1-15(2)19(18-11-12-24-13-18)21(20(4,5)14-22)23-16(3)17-9-7-6-8-10-17;1-2-8-6-4-3-5-7-8/h6-17,19,21-22,26-27,30H,18,20H2,1-5H3;6-13,15-16,19,22H,14H2,1-5H3;2-7H,1H2. The van der Waals surface area contributed by atoms with Gasteiger partial charge in [0.1, 0.15) is 12.2 Å². The fraction of sp³-hybridized carbons (Fsp3) is 0.393. The van der Waals surface area contributed by atoms with Crippen LogP contribution >= 0.6 is 22.7 Å². The molecule has 0 aliphatic carbocycles. The molecule has 5 unspecified atom stereocenters. The van der Waals surface area contributed by atoms with Crippen LogP contribution in [0.15, 0.2) is 162 Å². The number of hydroxylamine groups is 4. The Morgan fingerprint density at radius 1 is 0.531 bits per heavy atom. The van der Waals surface area contributed by atoms with Crippen molar-refractivity contribution >= 4 is 28.7 Å². The predicted octanol–water partition coefficient (Wildman–Crippen LogP) is 14.9. The molecule has 6 rings (SSSR count). The Kier molecular flexibility index (Phi) is 21.3. The maximum Gasteiger partial charge on any atom is 0.105 e. The first-order valence-electron chi connectivity index (χ1n) is 22.6. The highest BCUT2D eigenvalue weighted by atomic mass is 32.1. The summed E-state index contributed by atoms with van der Waals surface area (Å²) in [5, 5.41) is 32.9. The van der Waals surface area contributed by atoms with E-state index in [1.807, 2.05) is 79.6 Å². The van der Waals surface area contributed by atoms with Gasteiger partial charge in [0, 0.05) is 0 Å². The smallest absolute Gasteiger partial charge is 0.105 e. The maximum absolute atomic E-state index is 10.3. The van der Waals surface area contributed by atoms with Gasteiger partial charge >= 0.3 is 0 Å². The van der Waals surface area contributed by atoms with E-state index in [0.29, 0.717) is 17.8 Å². The van der Waals surface area contributed by atoms with Gasteiger partial charge in [0.15, 0.2) is 0 Å². The lowest BCUT2D eigenvalue weighted by molar-refractivity contribution is -0.287. The molecule has 6 aromatic rings. The maximum atomic E-state index is 10.3. The number of rotatable bonds is 20. The largest absolute Gasteiger partial charge is 0.394 e. The molecule has 4 aromatic carbocycles. The van der Waals surface area contributed by atoms with Crippen LogP contribution in [-0.2, 0) is 9.68 Å². The lowest BCUT2D eigenvalue weighted by Gasteiger charge is -2.45. The summed E-state index contributed by atoms with van der Waals surface area (Å²) in [6.45, 7) is 25.0. The molecule has 0 bridgehead atoms. The van der Waals surface area contributed by atoms with E-state index in [0.717, 1.165) is 17.5 Å². The van der Waals surface area contributed by atoms with Gasteiger partial charge in [0.25, 0.3) is 0 Å². The molecule has 0 aliphatic heterocycles. The average Bonchev–Trinajstić information content (AvgIpc) is 4.06. The fourth-order valence-electron chi connectivity index (χ4n) is 7.61. The monoisotopic (exact) mass is 903 g/mol. The summed E-state index contributed by atoms with van der Waals surface area (Å²) in [5.41, 5.74) is 6.20. The number of aliphatic hydroxyl groups is 2. The van der Waals surface area contributed by atoms with Gasteiger partial charge in [-0.3, -0.25) is 9.68 Å². The molecular formula is C56H74N2O4S2. The first-order chi connectivity index (χ1) is 30.6. The first-order valence-corrected chi connectivity index (χ1v) is 24.5. The van der Waals surface area contributed by atoms with Crippen molar-refractivity contribution in [3.63, 3.8) is 0 Å². The minimum atomic E-state index is -0.542. The van der Waals surface area contributed by atoms with Crippen molar-refractivity contribution < 1.29 is 19.9 Å². The number of nitrogens with zero attached hydrogens (tertiary/aromatic N) is 2. The fourth-order valence-corrected chi connectivity index (χ4v) is 8.98. The quantitative estimate of drug-likeness (QED) is 0.0744. The molecule has 6 nitrogen and oxygen atoms in total. The van der Waals surface area contributed by atoms with Crippen LogP contribution in [-0.4, -0.2) is 44.6 Å². The van der Waals surface area contributed by atoms with Gasteiger partial charge in [-0.1, -0.05) is 169 Å². The van der Waals surface area contributed by atoms with E-state index < -0.39 is 11.1 Å². The van der Waals surface area contributed by atoms with Gasteiger partial charge in [0.05, 0.1) is 36.4 Å². The van der Waals surface area contributed by atoms with E-state index in [-0.39, 0.29) is 37.5 Å². The van der Waals surface area contributed by atoms with E-state index in [2.05, 4.69) is 167 Å². The zero-order chi connectivity index (χ0) is 46.7. The Morgan fingerprint density at radius 2 is 0.922 bits per heavy atom. The Hall–Kier alpha value is -4.22. The molecule has 2 heterocycles. The van der Waals surface area contributed by atoms with Gasteiger partial charge < -0.3 is 10.2 Å². The SMILES string of the molecule is C=Cc1ccccc1.CC(CC(ON(C(c1ccsc1)C(C)C)C(C)(C)CO)c1ccccc1)c1ccccc1.CC(ON(C(c1ccsc1)C(C)C)C(C)(C)CO)c1ccccc1. The zero-order valence-electron chi connectivity index (χ0n) is 39.9. The van der Waals surface area contributed by atoms with Crippen LogP contribution in [0.4, 0.5) is 0 Å². The summed E-state index contributed by atoms with van der Waals surface area (Å²) in [5.74, 6) is 1.01. The van der Waals surface area contributed by atoms with Gasteiger partial charge in [-0.2, -0.15) is 32.8 Å². The predicted molar refractivity (Wildman–Crippen MR) is 272 cm³/mol. The van der Waals surface area contributed by atoms with Gasteiger partial charge in [-0.25, -0.2) is 0 Å². The van der Waals surface area contributed by atoms with Crippen LogP contribution in [0.1, 0.15) is 139 Å². The highest BCUT2D eigenvalue weighted by Crippen LogP contribution is 2.41. The number of hydrogen-bond donors (Lipinski definition) is 2. The third kappa shape index (κ3) is 15.5. The van der Waals surface area contributed by atoms with Gasteiger partial charge in [-0.05, 0) is 126 Å². The molecule has 64 heavy (non-hydrogen) atoms. The number of benzene rings is 4. The minimum absolute atomic E-state index is 0.0100. The Morgan fingerprint density at radius 3 is 1.28 bits per heavy atom. The second kappa shape index (κ2) is 26.1. The molecule has 2 aromatic heterocycles. The normalized spacial score (nSPS) is 14.2. The molecule has 8 heteroatoms. The summed E-state index contributed by atoms with van der Waals surface area (Å²) >= 11 is 3.39. The first kappa shape index (κ1) is 52.4. The molecule has 344 valence electrons. The zero-order valence-corrected chi connectivity index (χ0v) is 41.5. The van der Waals surface area contributed by atoms with Crippen molar-refractivity contribution in [3.05, 3.63) is 195 Å². The average molecular weight is 903 g/mol. The lowest BCUT2D eigenvalue weighted by Crippen LogP contribution is -2.50. The van der Waals surface area contributed by atoms with Crippen molar-refractivity contribution in [1.82, 2.24) is 10.1 Å². The van der Waals surface area contributed by atoms with Gasteiger partial charge in [0.2, 0.25) is 0 Å². The lowest BCUT2D eigenvalue weighted by atomic mass is 9.91. The van der Waals surface area contributed by atoms with Crippen LogP contribution in [0.5, 0.6) is 0 Å².